The molecular weight excluding hydrogens is 547 g/mol. The van der Waals surface area contributed by atoms with Gasteiger partial charge in [-0.05, 0) is 44.0 Å². The van der Waals surface area contributed by atoms with Crippen molar-refractivity contribution >= 4 is 52.0 Å². The Balaban J connectivity index is -0.000000301. The maximum atomic E-state index is 11.4. The third-order valence-electron chi connectivity index (χ3n) is 3.55. The summed E-state index contributed by atoms with van der Waals surface area (Å²) in [5, 5.41) is 34.9. The van der Waals surface area contributed by atoms with E-state index < -0.39 is 72.9 Å². The van der Waals surface area contributed by atoms with Gasteiger partial charge in [-0.3, -0.25) is 19.2 Å². The largest absolute Gasteiger partial charge is 0.508 e. The van der Waals surface area contributed by atoms with E-state index in [1.807, 2.05) is 0 Å². The van der Waals surface area contributed by atoms with Crippen molar-refractivity contribution in [3.05, 3.63) is 0 Å². The normalized spacial score (nSPS) is 11.1. The Hall–Kier alpha value is -2.23. The van der Waals surface area contributed by atoms with E-state index >= 15 is 0 Å². The van der Waals surface area contributed by atoms with Crippen LogP contribution in [0.15, 0.2) is 0 Å². The number of aliphatic hydroxyl groups excluding tert-OH is 4. The Morgan fingerprint density at radius 2 is 0.811 bits per heavy atom. The maximum absolute atomic E-state index is 11.4. The molecule has 0 saturated heterocycles. The number of hydrogen-bond acceptors (Lipinski definition) is 14. The monoisotopic (exact) mass is 584 g/mol. The molecule has 0 aliphatic heterocycles. The second-order valence-electron chi connectivity index (χ2n) is 6.17. The van der Waals surface area contributed by atoms with Crippen LogP contribution in [0.4, 0.5) is 9.59 Å². The van der Waals surface area contributed by atoms with Gasteiger partial charge in [0.1, 0.15) is 31.0 Å². The topological polar surface area (TPSA) is 212 Å². The fourth-order valence-electron chi connectivity index (χ4n) is 1.76. The first kappa shape index (κ1) is 41.9. The third kappa shape index (κ3) is 25.2. The molecule has 0 heterocycles. The van der Waals surface area contributed by atoms with E-state index in [1.54, 1.807) is 20.8 Å². The highest BCUT2D eigenvalue weighted by Crippen LogP contribution is 2.04. The van der Waals surface area contributed by atoms with Gasteiger partial charge >= 0.3 is 28.8 Å². The van der Waals surface area contributed by atoms with Crippen LogP contribution < -0.4 is 0 Å². The highest BCUT2D eigenvalue weighted by molar-refractivity contribution is 6.93. The Bertz CT molecular complexity index is 592. The minimum absolute atomic E-state index is 0. The lowest BCUT2D eigenvalue weighted by Gasteiger charge is -2.15. The fourth-order valence-corrected chi connectivity index (χ4v) is 1.76. The summed E-state index contributed by atoms with van der Waals surface area (Å²) in [4.78, 5) is 53.7. The second-order valence-corrected chi connectivity index (χ2v) is 7.05. The van der Waals surface area contributed by atoms with Gasteiger partial charge in [-0.15, -0.1) is 0 Å². The first-order valence-electron chi connectivity index (χ1n) is 10.6. The fraction of sp³-hybridized carbons (Fsp3) is 0.762. The highest BCUT2D eigenvalue weighted by Gasteiger charge is 2.24. The Labute approximate surface area is 225 Å². The van der Waals surface area contributed by atoms with E-state index in [-0.39, 0.29) is 40.5 Å². The van der Waals surface area contributed by atoms with Gasteiger partial charge in [0.05, 0.1) is 46.2 Å². The smallest absolute Gasteiger partial charge is 0.466 e. The first-order valence-corrected chi connectivity index (χ1v) is 11.3. The van der Waals surface area contributed by atoms with E-state index in [9.17, 15) is 19.2 Å². The molecule has 16 heteroatoms. The lowest BCUT2D eigenvalue weighted by molar-refractivity contribution is -0.152. The van der Waals surface area contributed by atoms with Crippen molar-refractivity contribution in [2.75, 3.05) is 59.5 Å². The summed E-state index contributed by atoms with van der Waals surface area (Å²) in [7, 11) is 0. The van der Waals surface area contributed by atoms with Crippen molar-refractivity contribution < 1.29 is 68.1 Å². The van der Waals surface area contributed by atoms with Gasteiger partial charge in [-0.25, -0.2) is 4.79 Å². The number of ether oxygens (including phenoxy) is 5. The minimum atomic E-state index is -1.13. The molecule has 0 amide bonds. The molecular formula is C21H38Cl2O14. The summed E-state index contributed by atoms with van der Waals surface area (Å²) < 4.78 is 22.3. The van der Waals surface area contributed by atoms with Gasteiger partial charge in [0.2, 0.25) is 0 Å². The van der Waals surface area contributed by atoms with Crippen LogP contribution in [0.25, 0.3) is 0 Å². The van der Waals surface area contributed by atoms with Crippen LogP contribution in [0.5, 0.6) is 0 Å². The van der Waals surface area contributed by atoms with Crippen molar-refractivity contribution in [2.24, 2.45) is 17.8 Å². The molecule has 4 N–H and O–H groups in total. The Morgan fingerprint density at radius 1 is 0.568 bits per heavy atom. The molecule has 0 fully saturated rings. The number of carbonyl (C=O) groups is 5. The molecule has 0 radical (unpaired) electrons. The molecule has 2 atom stereocenters. The standard InChI is InChI=1S/C13H22O9.C6H12O4.CCl2O.CH4/c1-3-19-11(16)9(5-14)7-21-13(18)22-8-10(6-15)12(17)20-4-2;1-2-10-6(9)5(3-7)4-8;2-1(3)4;/h9-10,14-15H,3-8H2,1-2H3;5,7-8H,2-4H2,1H3;;1H4. The molecule has 0 spiro atoms. The number of rotatable bonds is 14. The molecule has 0 rings (SSSR count). The van der Waals surface area contributed by atoms with Crippen LogP contribution in [0.3, 0.4) is 0 Å². The summed E-state index contributed by atoms with van der Waals surface area (Å²) in [6, 6.07) is 0. The van der Waals surface area contributed by atoms with E-state index in [2.05, 4.69) is 46.9 Å². The van der Waals surface area contributed by atoms with Crippen molar-refractivity contribution in [1.29, 1.82) is 0 Å². The lowest BCUT2D eigenvalue weighted by atomic mass is 10.2. The zero-order chi connectivity index (χ0) is 28.5. The molecule has 0 aromatic carbocycles. The summed E-state index contributed by atoms with van der Waals surface area (Å²) in [6.07, 6.45) is -1.13. The second kappa shape index (κ2) is 28.3. The molecule has 0 aromatic rings. The van der Waals surface area contributed by atoms with Crippen LogP contribution in [-0.4, -0.2) is 109 Å². The summed E-state index contributed by atoms with van der Waals surface area (Å²) in [5.41, 5.74) is 0. The average molecular weight is 585 g/mol. The van der Waals surface area contributed by atoms with Gasteiger partial charge in [0.25, 0.3) is 0 Å². The van der Waals surface area contributed by atoms with Crippen LogP contribution in [-0.2, 0) is 38.1 Å². The van der Waals surface area contributed by atoms with Crippen LogP contribution in [0.1, 0.15) is 28.2 Å². The maximum Gasteiger partial charge on any atom is 0.508 e. The molecule has 0 saturated carbocycles. The number of aliphatic hydroxyl groups is 4. The molecule has 2 unspecified atom stereocenters. The van der Waals surface area contributed by atoms with E-state index in [0.29, 0.717) is 0 Å². The quantitative estimate of drug-likeness (QED) is 0.126. The lowest BCUT2D eigenvalue weighted by Crippen LogP contribution is -2.30. The predicted octanol–water partition coefficient (Wildman–Crippen LogP) is 0.853. The van der Waals surface area contributed by atoms with Crippen molar-refractivity contribution in [3.8, 4) is 0 Å². The zero-order valence-electron chi connectivity index (χ0n) is 20.2. The van der Waals surface area contributed by atoms with Crippen LogP contribution in [0.2, 0.25) is 0 Å². The molecule has 0 aromatic heterocycles. The molecule has 0 bridgehead atoms. The highest BCUT2D eigenvalue weighted by atomic mass is 35.5. The van der Waals surface area contributed by atoms with Gasteiger partial charge in [0, 0.05) is 0 Å². The molecule has 0 aliphatic rings. The van der Waals surface area contributed by atoms with Gasteiger partial charge in [-0.2, -0.15) is 0 Å². The van der Waals surface area contributed by atoms with Gasteiger partial charge < -0.3 is 44.1 Å². The van der Waals surface area contributed by atoms with Crippen LogP contribution >= 0.6 is 23.2 Å². The van der Waals surface area contributed by atoms with Crippen molar-refractivity contribution in [3.63, 3.8) is 0 Å². The summed E-state index contributed by atoms with van der Waals surface area (Å²) in [5.74, 6) is -4.74. The SMILES string of the molecule is C.CCOC(=O)C(CO)CO.CCOC(=O)C(CO)COC(=O)OCC(CO)C(=O)OCC.O=C(Cl)Cl. The molecule has 220 valence electrons. The summed E-state index contributed by atoms with van der Waals surface area (Å²) in [6.45, 7) is 2.76. The van der Waals surface area contributed by atoms with Gasteiger partial charge in [0.15, 0.2) is 0 Å². The number of esters is 3. The molecule has 37 heavy (non-hydrogen) atoms. The van der Waals surface area contributed by atoms with Crippen molar-refractivity contribution in [1.82, 2.24) is 0 Å². The van der Waals surface area contributed by atoms with Crippen molar-refractivity contribution in [2.45, 2.75) is 28.2 Å². The Morgan fingerprint density at radius 3 is 1.03 bits per heavy atom. The van der Waals surface area contributed by atoms with E-state index in [0.717, 1.165) is 0 Å². The van der Waals surface area contributed by atoms with Crippen LogP contribution in [0, 0.1) is 17.8 Å². The number of carbonyl (C=O) groups excluding carboxylic acids is 5. The number of hydrogen-bond donors (Lipinski definition) is 4. The molecule has 0 aliphatic carbocycles. The van der Waals surface area contributed by atoms with E-state index in [1.165, 1.54) is 0 Å². The Kier molecular flexibility index (Phi) is 32.1. The zero-order valence-corrected chi connectivity index (χ0v) is 21.7. The molecule has 14 nitrogen and oxygen atoms in total. The minimum Gasteiger partial charge on any atom is -0.466 e. The predicted molar refractivity (Wildman–Crippen MR) is 130 cm³/mol. The summed E-state index contributed by atoms with van der Waals surface area (Å²) >= 11 is 8.80. The third-order valence-corrected chi connectivity index (χ3v) is 3.55. The first-order chi connectivity index (χ1) is 17.0. The number of halogens is 2. The van der Waals surface area contributed by atoms with Gasteiger partial charge in [-0.1, -0.05) is 7.43 Å². The average Bonchev–Trinajstić information content (AvgIpc) is 2.81. The van der Waals surface area contributed by atoms with E-state index in [4.69, 9.17) is 25.2 Å².